The summed E-state index contributed by atoms with van der Waals surface area (Å²) >= 11 is 0. The first kappa shape index (κ1) is 17.8. The molecule has 3 fully saturated rings. The highest BCUT2D eigenvalue weighted by molar-refractivity contribution is 5.94. The van der Waals surface area contributed by atoms with Crippen LogP contribution in [0.3, 0.4) is 0 Å². The molecule has 1 aromatic rings. The van der Waals surface area contributed by atoms with Crippen LogP contribution in [0.4, 0.5) is 5.69 Å². The Morgan fingerprint density at radius 1 is 1.15 bits per heavy atom. The molecule has 144 valence electrons. The van der Waals surface area contributed by atoms with E-state index in [0.717, 1.165) is 18.7 Å². The van der Waals surface area contributed by atoms with E-state index in [1.54, 1.807) is 22.1 Å². The van der Waals surface area contributed by atoms with Gasteiger partial charge in [-0.25, -0.2) is 0 Å². The van der Waals surface area contributed by atoms with Gasteiger partial charge in [0, 0.05) is 51.7 Å². The minimum atomic E-state index is -0.276. The second-order valence-electron chi connectivity index (χ2n) is 7.72. The van der Waals surface area contributed by atoms with Gasteiger partial charge in [-0.3, -0.25) is 19.4 Å². The highest BCUT2D eigenvalue weighted by Gasteiger charge is 2.47. The third-order valence-corrected chi connectivity index (χ3v) is 6.10. The van der Waals surface area contributed by atoms with E-state index in [4.69, 9.17) is 0 Å². The van der Waals surface area contributed by atoms with Gasteiger partial charge < -0.3 is 20.0 Å². The molecule has 0 atom stereocenters. The number of piperidine rings is 1. The predicted molar refractivity (Wildman–Crippen MR) is 99.3 cm³/mol. The number of rotatable bonds is 2. The second-order valence-corrected chi connectivity index (χ2v) is 7.72. The summed E-state index contributed by atoms with van der Waals surface area (Å²) in [5, 5.41) is 2.80. The van der Waals surface area contributed by atoms with Crippen LogP contribution in [0, 0.1) is 5.41 Å². The van der Waals surface area contributed by atoms with Crippen LogP contribution in [0.1, 0.15) is 29.8 Å². The molecule has 1 spiro atoms. The minimum absolute atomic E-state index is 0.0153. The van der Waals surface area contributed by atoms with Crippen molar-refractivity contribution in [3.05, 3.63) is 24.0 Å². The molecule has 8 heteroatoms. The maximum atomic E-state index is 12.9. The molecule has 1 N–H and O–H groups in total. The number of piperazine rings is 1. The SMILES string of the molecule is CN1CCC2(CCN(C(=O)c3cc(N4CCNC(=O)C4)ccn3)CC2)C1=O. The third kappa shape index (κ3) is 3.24. The molecular weight excluding hydrogens is 346 g/mol. The number of pyridine rings is 1. The van der Waals surface area contributed by atoms with Crippen molar-refractivity contribution < 1.29 is 14.4 Å². The van der Waals surface area contributed by atoms with Gasteiger partial charge in [-0.1, -0.05) is 0 Å². The molecule has 0 aliphatic carbocycles. The van der Waals surface area contributed by atoms with Crippen LogP contribution < -0.4 is 10.2 Å². The van der Waals surface area contributed by atoms with Gasteiger partial charge in [0.1, 0.15) is 5.69 Å². The van der Waals surface area contributed by atoms with Gasteiger partial charge in [-0.2, -0.15) is 0 Å². The van der Waals surface area contributed by atoms with Gasteiger partial charge in [0.2, 0.25) is 11.8 Å². The monoisotopic (exact) mass is 371 g/mol. The normalized spacial score (nSPS) is 22.3. The van der Waals surface area contributed by atoms with Crippen LogP contribution in [-0.2, 0) is 9.59 Å². The minimum Gasteiger partial charge on any atom is -0.360 e. The number of likely N-dealkylation sites (tertiary alicyclic amines) is 2. The molecular formula is C19H25N5O3. The standard InChI is InChI=1S/C19H25N5O3/c1-22-8-3-19(18(22)27)4-9-23(10-5-19)17(26)15-12-14(2-6-20-15)24-11-7-21-16(25)13-24/h2,6,12H,3-5,7-11,13H2,1H3,(H,21,25). The van der Waals surface area contributed by atoms with Gasteiger partial charge in [0.15, 0.2) is 0 Å². The molecule has 3 aliphatic rings. The van der Waals surface area contributed by atoms with Crippen LogP contribution in [0.15, 0.2) is 18.3 Å². The molecule has 0 bridgehead atoms. The molecule has 27 heavy (non-hydrogen) atoms. The Hall–Kier alpha value is -2.64. The van der Waals surface area contributed by atoms with Crippen molar-refractivity contribution in [2.75, 3.05) is 51.2 Å². The Bertz CT molecular complexity index is 772. The summed E-state index contributed by atoms with van der Waals surface area (Å²) in [6, 6.07) is 3.59. The van der Waals surface area contributed by atoms with E-state index >= 15 is 0 Å². The Morgan fingerprint density at radius 3 is 2.56 bits per heavy atom. The molecule has 0 saturated carbocycles. The van der Waals surface area contributed by atoms with Crippen molar-refractivity contribution in [1.29, 1.82) is 0 Å². The van der Waals surface area contributed by atoms with Crippen molar-refractivity contribution >= 4 is 23.4 Å². The van der Waals surface area contributed by atoms with E-state index in [-0.39, 0.29) is 23.1 Å². The van der Waals surface area contributed by atoms with Gasteiger partial charge in [0.25, 0.3) is 5.91 Å². The average molecular weight is 371 g/mol. The van der Waals surface area contributed by atoms with Gasteiger partial charge in [-0.05, 0) is 31.4 Å². The van der Waals surface area contributed by atoms with Crippen LogP contribution in [0.25, 0.3) is 0 Å². The highest BCUT2D eigenvalue weighted by Crippen LogP contribution is 2.41. The quantitative estimate of drug-likeness (QED) is 0.797. The fourth-order valence-corrected chi connectivity index (χ4v) is 4.35. The van der Waals surface area contributed by atoms with Crippen molar-refractivity contribution in [3.63, 3.8) is 0 Å². The molecule has 1 aromatic heterocycles. The lowest BCUT2D eigenvalue weighted by Gasteiger charge is -2.37. The first-order valence-electron chi connectivity index (χ1n) is 9.51. The number of hydrogen-bond donors (Lipinski definition) is 1. The van der Waals surface area contributed by atoms with E-state index in [9.17, 15) is 14.4 Å². The summed E-state index contributed by atoms with van der Waals surface area (Å²) in [5.41, 5.74) is 0.954. The molecule has 0 radical (unpaired) electrons. The molecule has 8 nitrogen and oxygen atoms in total. The summed E-state index contributed by atoms with van der Waals surface area (Å²) in [4.78, 5) is 46.8. The maximum absolute atomic E-state index is 12.9. The smallest absolute Gasteiger partial charge is 0.272 e. The molecule has 4 heterocycles. The topological polar surface area (TPSA) is 85.8 Å². The van der Waals surface area contributed by atoms with Gasteiger partial charge >= 0.3 is 0 Å². The van der Waals surface area contributed by atoms with Crippen LogP contribution >= 0.6 is 0 Å². The number of anilines is 1. The Labute approximate surface area is 158 Å². The average Bonchev–Trinajstić information content (AvgIpc) is 2.97. The van der Waals surface area contributed by atoms with Gasteiger partial charge in [0.05, 0.1) is 12.0 Å². The Morgan fingerprint density at radius 2 is 1.89 bits per heavy atom. The summed E-state index contributed by atoms with van der Waals surface area (Å²) in [6.07, 6.45) is 3.94. The highest BCUT2D eigenvalue weighted by atomic mass is 16.2. The van der Waals surface area contributed by atoms with Crippen LogP contribution in [0.5, 0.6) is 0 Å². The lowest BCUT2D eigenvalue weighted by molar-refractivity contribution is -0.137. The number of nitrogens with one attached hydrogen (secondary N) is 1. The van der Waals surface area contributed by atoms with Crippen molar-refractivity contribution in [2.24, 2.45) is 5.41 Å². The maximum Gasteiger partial charge on any atom is 0.272 e. The Kier molecular flexibility index (Phi) is 4.49. The van der Waals surface area contributed by atoms with E-state index in [2.05, 4.69) is 10.3 Å². The molecule has 0 unspecified atom stereocenters. The predicted octanol–water partition coefficient (Wildman–Crippen LogP) is 0.102. The van der Waals surface area contributed by atoms with Crippen molar-refractivity contribution in [3.8, 4) is 0 Å². The number of hydrogen-bond acceptors (Lipinski definition) is 5. The first-order chi connectivity index (χ1) is 13.0. The largest absolute Gasteiger partial charge is 0.360 e. The number of nitrogens with zero attached hydrogens (tertiary/aromatic N) is 4. The van der Waals surface area contributed by atoms with Crippen molar-refractivity contribution in [1.82, 2.24) is 20.1 Å². The van der Waals surface area contributed by atoms with Crippen LogP contribution in [-0.4, -0.2) is 78.8 Å². The summed E-state index contributed by atoms with van der Waals surface area (Å²) in [5.74, 6) is 0.100. The zero-order chi connectivity index (χ0) is 19.0. The van der Waals surface area contributed by atoms with E-state index in [0.29, 0.717) is 51.3 Å². The van der Waals surface area contributed by atoms with E-state index < -0.39 is 0 Å². The Balaban J connectivity index is 1.44. The fourth-order valence-electron chi connectivity index (χ4n) is 4.35. The first-order valence-corrected chi connectivity index (χ1v) is 9.51. The zero-order valence-electron chi connectivity index (χ0n) is 15.6. The number of aromatic nitrogens is 1. The summed E-state index contributed by atoms with van der Waals surface area (Å²) in [7, 11) is 1.85. The van der Waals surface area contributed by atoms with E-state index in [1.165, 1.54) is 0 Å². The molecule has 0 aromatic carbocycles. The summed E-state index contributed by atoms with van der Waals surface area (Å²) in [6.45, 7) is 3.57. The van der Waals surface area contributed by atoms with Crippen LogP contribution in [0.2, 0.25) is 0 Å². The molecule has 3 saturated heterocycles. The lowest BCUT2D eigenvalue weighted by atomic mass is 9.77. The number of amides is 3. The van der Waals surface area contributed by atoms with Crippen molar-refractivity contribution in [2.45, 2.75) is 19.3 Å². The fraction of sp³-hybridized carbons (Fsp3) is 0.579. The molecule has 3 aliphatic heterocycles. The number of carbonyl (C=O) groups is 3. The summed E-state index contributed by atoms with van der Waals surface area (Å²) < 4.78 is 0. The lowest BCUT2D eigenvalue weighted by Crippen LogP contribution is -2.48. The second kappa shape index (κ2) is 6.83. The zero-order valence-corrected chi connectivity index (χ0v) is 15.6. The van der Waals surface area contributed by atoms with Gasteiger partial charge in [-0.15, -0.1) is 0 Å². The molecule has 3 amide bonds. The molecule has 4 rings (SSSR count). The third-order valence-electron chi connectivity index (χ3n) is 6.10. The van der Waals surface area contributed by atoms with E-state index in [1.807, 2.05) is 18.0 Å². The number of carbonyl (C=O) groups excluding carboxylic acids is 3.